The van der Waals surface area contributed by atoms with Gasteiger partial charge in [0.2, 0.25) is 0 Å². The average Bonchev–Trinajstić information content (AvgIpc) is 3.67. The Balaban J connectivity index is 1.55. The molecule has 1 aliphatic carbocycles. The van der Waals surface area contributed by atoms with Crippen molar-refractivity contribution in [3.05, 3.63) is 60.7 Å². The van der Waals surface area contributed by atoms with Crippen molar-refractivity contribution < 1.29 is 28.5 Å². The first-order valence-electron chi connectivity index (χ1n) is 13.7. The molecule has 0 radical (unpaired) electrons. The Morgan fingerprint density at radius 2 is 1.38 bits per heavy atom. The summed E-state index contributed by atoms with van der Waals surface area (Å²) in [6.07, 6.45) is 0.0686. The SMILES string of the molecule is C[C@H]1[C@H](C2OCCO2)[C@H](C(CO)C2OCCO2)C[C@H]1O[Si](c1ccccc1)(c1ccccc1)C(C)(C)C. The molecule has 0 spiro atoms. The van der Waals surface area contributed by atoms with Crippen LogP contribution in [0.15, 0.2) is 60.7 Å². The Morgan fingerprint density at radius 3 is 1.86 bits per heavy atom. The Morgan fingerprint density at radius 1 is 0.865 bits per heavy atom. The molecule has 2 heterocycles. The molecule has 0 bridgehead atoms. The van der Waals surface area contributed by atoms with Crippen LogP contribution in [-0.2, 0) is 23.4 Å². The highest BCUT2D eigenvalue weighted by Crippen LogP contribution is 2.50. The van der Waals surface area contributed by atoms with Crippen molar-refractivity contribution in [3.8, 4) is 0 Å². The van der Waals surface area contributed by atoms with Crippen molar-refractivity contribution >= 4 is 18.7 Å². The standard InChI is InChI=1S/C30H42O6Si/c1-21-26(19-24(27(21)29-34-17-18-35-29)25(20-31)28-32-15-16-33-28)36-37(30(2,3)4,22-11-7-5-8-12-22)23-13-9-6-10-14-23/h5-14,21,24-29,31H,15-20H2,1-4H3/t21-,24+,25?,26-,27+/m1/s1. The van der Waals surface area contributed by atoms with Gasteiger partial charge in [0, 0.05) is 17.9 Å². The molecule has 6 nitrogen and oxygen atoms in total. The van der Waals surface area contributed by atoms with Crippen LogP contribution in [-0.4, -0.2) is 65.1 Å². The van der Waals surface area contributed by atoms with Crippen LogP contribution in [0.3, 0.4) is 0 Å². The zero-order valence-corrected chi connectivity index (χ0v) is 23.5. The van der Waals surface area contributed by atoms with Gasteiger partial charge in [-0.2, -0.15) is 0 Å². The zero-order chi connectivity index (χ0) is 26.0. The van der Waals surface area contributed by atoms with Gasteiger partial charge in [0.05, 0.1) is 33.0 Å². The summed E-state index contributed by atoms with van der Waals surface area (Å²) < 4.78 is 31.5. The lowest BCUT2D eigenvalue weighted by molar-refractivity contribution is -0.151. The maximum absolute atomic E-state index is 10.5. The predicted molar refractivity (Wildman–Crippen MR) is 145 cm³/mol. The highest BCUT2D eigenvalue weighted by molar-refractivity contribution is 6.99. The van der Waals surface area contributed by atoms with Gasteiger partial charge in [0.25, 0.3) is 8.32 Å². The maximum Gasteiger partial charge on any atom is 0.261 e. The highest BCUT2D eigenvalue weighted by Gasteiger charge is 2.57. The molecular formula is C30H42O6Si. The van der Waals surface area contributed by atoms with Crippen molar-refractivity contribution in [2.75, 3.05) is 33.0 Å². The summed E-state index contributed by atoms with van der Waals surface area (Å²) in [5.41, 5.74) is 0. The molecule has 0 aromatic heterocycles. The molecule has 5 rings (SSSR count). The average molecular weight is 527 g/mol. The summed E-state index contributed by atoms with van der Waals surface area (Å²) in [5, 5.41) is 13.0. The quantitative estimate of drug-likeness (QED) is 0.531. The first-order chi connectivity index (χ1) is 17.9. The summed E-state index contributed by atoms with van der Waals surface area (Å²) in [6, 6.07) is 21.6. The minimum absolute atomic E-state index is 0.00277. The van der Waals surface area contributed by atoms with Gasteiger partial charge in [-0.25, -0.2) is 0 Å². The number of benzene rings is 2. The molecular weight excluding hydrogens is 484 g/mol. The molecule has 7 heteroatoms. The number of hydrogen-bond donors (Lipinski definition) is 1. The van der Waals surface area contributed by atoms with Gasteiger partial charge in [-0.3, -0.25) is 0 Å². The van der Waals surface area contributed by atoms with Gasteiger partial charge in [-0.1, -0.05) is 88.4 Å². The fraction of sp³-hybridized carbons (Fsp3) is 0.600. The lowest BCUT2D eigenvalue weighted by Gasteiger charge is -2.45. The zero-order valence-electron chi connectivity index (χ0n) is 22.5. The molecule has 2 aromatic rings. The summed E-state index contributed by atoms with van der Waals surface area (Å²) in [4.78, 5) is 0. The van der Waals surface area contributed by atoms with E-state index in [4.69, 9.17) is 23.4 Å². The summed E-state index contributed by atoms with van der Waals surface area (Å²) in [5.74, 6) is 0.186. The van der Waals surface area contributed by atoms with Crippen molar-refractivity contribution in [2.45, 2.75) is 57.8 Å². The fourth-order valence-corrected chi connectivity index (χ4v) is 11.7. The van der Waals surface area contributed by atoms with E-state index in [2.05, 4.69) is 88.4 Å². The van der Waals surface area contributed by atoms with Crippen LogP contribution in [0.25, 0.3) is 0 Å². The largest absolute Gasteiger partial charge is 0.404 e. The van der Waals surface area contributed by atoms with Crippen molar-refractivity contribution in [1.29, 1.82) is 0 Å². The maximum atomic E-state index is 10.5. The van der Waals surface area contributed by atoms with Gasteiger partial charge in [0.15, 0.2) is 12.6 Å². The minimum Gasteiger partial charge on any atom is -0.404 e. The Labute approximate surface area is 222 Å². The third-order valence-corrected chi connectivity index (χ3v) is 13.7. The lowest BCUT2D eigenvalue weighted by Crippen LogP contribution is -2.68. The second kappa shape index (κ2) is 11.3. The molecule has 2 aromatic carbocycles. The molecule has 3 fully saturated rings. The summed E-state index contributed by atoms with van der Waals surface area (Å²) >= 11 is 0. The molecule has 1 unspecified atom stereocenters. The summed E-state index contributed by atoms with van der Waals surface area (Å²) in [7, 11) is -2.74. The van der Waals surface area contributed by atoms with Crippen molar-refractivity contribution in [3.63, 3.8) is 0 Å². The predicted octanol–water partition coefficient (Wildman–Crippen LogP) is 3.56. The van der Waals surface area contributed by atoms with E-state index in [9.17, 15) is 5.11 Å². The Bertz CT molecular complexity index is 945. The molecule has 202 valence electrons. The van der Waals surface area contributed by atoms with Crippen molar-refractivity contribution in [1.82, 2.24) is 0 Å². The monoisotopic (exact) mass is 526 g/mol. The lowest BCUT2D eigenvalue weighted by atomic mass is 9.80. The van der Waals surface area contributed by atoms with E-state index in [0.717, 1.165) is 6.42 Å². The van der Waals surface area contributed by atoms with E-state index in [0.29, 0.717) is 26.4 Å². The van der Waals surface area contributed by atoms with Crippen LogP contribution >= 0.6 is 0 Å². The van der Waals surface area contributed by atoms with Gasteiger partial charge in [-0.15, -0.1) is 0 Å². The number of ether oxygens (including phenoxy) is 4. The smallest absolute Gasteiger partial charge is 0.261 e. The Kier molecular flexibility index (Phi) is 8.22. The van der Waals surface area contributed by atoms with Crippen LogP contribution in [0, 0.1) is 23.7 Å². The molecule has 37 heavy (non-hydrogen) atoms. The molecule has 0 amide bonds. The fourth-order valence-electron chi connectivity index (χ4n) is 6.91. The Hall–Kier alpha value is -1.58. The van der Waals surface area contributed by atoms with Gasteiger partial charge in [-0.05, 0) is 33.7 Å². The van der Waals surface area contributed by atoms with Crippen LogP contribution in [0.1, 0.15) is 34.1 Å². The van der Waals surface area contributed by atoms with E-state index in [-0.39, 0.29) is 47.7 Å². The molecule has 1 saturated carbocycles. The van der Waals surface area contributed by atoms with Gasteiger partial charge >= 0.3 is 0 Å². The first-order valence-corrected chi connectivity index (χ1v) is 15.6. The second-order valence-corrected chi connectivity index (χ2v) is 16.0. The van der Waals surface area contributed by atoms with Gasteiger partial charge in [0.1, 0.15) is 0 Å². The van der Waals surface area contributed by atoms with Crippen LogP contribution < -0.4 is 10.4 Å². The number of hydrogen-bond acceptors (Lipinski definition) is 6. The van der Waals surface area contributed by atoms with E-state index >= 15 is 0 Å². The molecule has 5 atom stereocenters. The number of aliphatic hydroxyl groups excluding tert-OH is 1. The minimum atomic E-state index is -2.74. The van der Waals surface area contributed by atoms with E-state index in [1.807, 2.05) is 0 Å². The van der Waals surface area contributed by atoms with E-state index in [1.54, 1.807) is 0 Å². The normalized spacial score (nSPS) is 28.7. The third-order valence-electron chi connectivity index (χ3n) is 8.66. The second-order valence-electron chi connectivity index (χ2n) is 11.7. The van der Waals surface area contributed by atoms with Gasteiger partial charge < -0.3 is 28.5 Å². The molecule has 2 aliphatic heterocycles. The van der Waals surface area contributed by atoms with Crippen LogP contribution in [0.2, 0.25) is 5.04 Å². The van der Waals surface area contributed by atoms with Crippen molar-refractivity contribution in [2.24, 2.45) is 23.7 Å². The van der Waals surface area contributed by atoms with Crippen LogP contribution in [0.5, 0.6) is 0 Å². The number of rotatable bonds is 8. The molecule has 1 N–H and O–H groups in total. The van der Waals surface area contributed by atoms with E-state index < -0.39 is 14.6 Å². The molecule has 2 saturated heterocycles. The van der Waals surface area contributed by atoms with E-state index in [1.165, 1.54) is 10.4 Å². The first kappa shape index (κ1) is 27.0. The number of aliphatic hydroxyl groups is 1. The molecule has 3 aliphatic rings. The highest BCUT2D eigenvalue weighted by atomic mass is 28.4. The topological polar surface area (TPSA) is 66.4 Å². The summed E-state index contributed by atoms with van der Waals surface area (Å²) in [6.45, 7) is 11.5. The third kappa shape index (κ3) is 5.08. The van der Waals surface area contributed by atoms with Crippen LogP contribution in [0.4, 0.5) is 0 Å².